The average Bonchev–Trinajstić information content (AvgIpc) is 2.93. The Kier molecular flexibility index (Phi) is 5.16. The number of esters is 1. The minimum Gasteiger partial charge on any atom is -0.469 e. The molecule has 112 valence electrons. The Morgan fingerprint density at radius 2 is 2.05 bits per heavy atom. The Balaban J connectivity index is 1.97. The molecule has 0 bridgehead atoms. The van der Waals surface area contributed by atoms with E-state index in [1.807, 2.05) is 25.3 Å². The minimum atomic E-state index is -0.230. The molecule has 2 rings (SSSR count). The van der Waals surface area contributed by atoms with Crippen LogP contribution < -0.4 is 10.9 Å². The van der Waals surface area contributed by atoms with E-state index in [4.69, 9.17) is 0 Å². The van der Waals surface area contributed by atoms with Crippen molar-refractivity contribution in [3.63, 3.8) is 0 Å². The van der Waals surface area contributed by atoms with E-state index in [1.54, 1.807) is 28.0 Å². The van der Waals surface area contributed by atoms with Gasteiger partial charge in [-0.05, 0) is 25.1 Å². The summed E-state index contributed by atoms with van der Waals surface area (Å²) in [6.45, 7) is 3.24. The molecule has 0 amide bonds. The summed E-state index contributed by atoms with van der Waals surface area (Å²) in [5.74, 6) is -0.230. The molecular weight excluding hydrogens is 288 g/mol. The van der Waals surface area contributed by atoms with Gasteiger partial charge < -0.3 is 14.6 Å². The molecule has 0 unspecified atom stereocenters. The van der Waals surface area contributed by atoms with Gasteiger partial charge >= 0.3 is 5.97 Å². The number of hydrogen-bond acceptors (Lipinski definition) is 5. The molecule has 0 radical (unpaired) electrons. The van der Waals surface area contributed by atoms with Crippen molar-refractivity contribution in [3.8, 4) is 0 Å². The molecule has 6 heteroatoms. The first kappa shape index (κ1) is 15.3. The van der Waals surface area contributed by atoms with Crippen molar-refractivity contribution in [2.45, 2.75) is 26.4 Å². The van der Waals surface area contributed by atoms with E-state index in [9.17, 15) is 9.59 Å². The summed E-state index contributed by atoms with van der Waals surface area (Å²) in [5, 5.41) is 3.28. The van der Waals surface area contributed by atoms with E-state index < -0.39 is 0 Å². The zero-order valence-corrected chi connectivity index (χ0v) is 12.9. The lowest BCUT2D eigenvalue weighted by molar-refractivity contribution is -0.139. The van der Waals surface area contributed by atoms with E-state index in [2.05, 4.69) is 10.1 Å². The first-order valence-corrected chi connectivity index (χ1v) is 7.52. The lowest BCUT2D eigenvalue weighted by Gasteiger charge is -2.07. The fourth-order valence-electron chi connectivity index (χ4n) is 1.90. The van der Waals surface area contributed by atoms with Crippen LogP contribution in [0.4, 0.5) is 5.69 Å². The van der Waals surface area contributed by atoms with Crippen molar-refractivity contribution < 1.29 is 9.53 Å². The predicted octanol–water partition coefficient (Wildman–Crippen LogP) is 2.26. The lowest BCUT2D eigenvalue weighted by atomic mass is 10.3. The first-order valence-electron chi connectivity index (χ1n) is 6.71. The summed E-state index contributed by atoms with van der Waals surface area (Å²) in [6, 6.07) is 7.26. The van der Waals surface area contributed by atoms with Crippen LogP contribution in [0.2, 0.25) is 0 Å². The van der Waals surface area contributed by atoms with Crippen LogP contribution in [-0.4, -0.2) is 17.6 Å². The predicted molar refractivity (Wildman–Crippen MR) is 83.7 cm³/mol. The maximum atomic E-state index is 11.5. The van der Waals surface area contributed by atoms with E-state index in [0.717, 1.165) is 15.4 Å². The van der Waals surface area contributed by atoms with Gasteiger partial charge in [-0.1, -0.05) is 0 Å². The van der Waals surface area contributed by atoms with E-state index in [1.165, 1.54) is 7.11 Å². The van der Waals surface area contributed by atoms with Crippen molar-refractivity contribution in [2.24, 2.45) is 0 Å². The molecule has 0 aliphatic carbocycles. The largest absolute Gasteiger partial charge is 0.469 e. The zero-order valence-electron chi connectivity index (χ0n) is 12.1. The number of aryl methyl sites for hydroxylation is 1. The number of rotatable bonds is 6. The van der Waals surface area contributed by atoms with Crippen LogP contribution in [0.3, 0.4) is 0 Å². The Bertz CT molecular complexity index is 676. The molecule has 2 aromatic rings. The molecule has 2 aromatic heterocycles. The second-order valence-electron chi connectivity index (χ2n) is 4.52. The molecule has 0 aromatic carbocycles. The Labute approximate surface area is 127 Å². The SMILES string of the molecule is CCn1cc(NCc2ccc(CC(=O)OC)s2)ccc1=O. The molecular formula is C15H18N2O3S. The molecule has 5 nitrogen and oxygen atoms in total. The lowest BCUT2D eigenvalue weighted by Crippen LogP contribution is -2.17. The molecule has 0 atom stereocenters. The number of aromatic nitrogens is 1. The van der Waals surface area contributed by atoms with Gasteiger partial charge in [0.05, 0.1) is 19.2 Å². The number of thiophene rings is 1. The van der Waals surface area contributed by atoms with Gasteiger partial charge in [0, 0.05) is 35.1 Å². The van der Waals surface area contributed by atoms with Crippen LogP contribution in [0.5, 0.6) is 0 Å². The molecule has 0 fully saturated rings. The fraction of sp³-hybridized carbons (Fsp3) is 0.333. The van der Waals surface area contributed by atoms with E-state index in [-0.39, 0.29) is 11.5 Å². The highest BCUT2D eigenvalue weighted by Crippen LogP contribution is 2.18. The molecule has 0 saturated heterocycles. The van der Waals surface area contributed by atoms with Gasteiger partial charge in [0.15, 0.2) is 0 Å². The highest BCUT2D eigenvalue weighted by molar-refractivity contribution is 7.12. The second kappa shape index (κ2) is 7.08. The third-order valence-corrected chi connectivity index (χ3v) is 4.14. The van der Waals surface area contributed by atoms with Crippen molar-refractivity contribution in [3.05, 3.63) is 50.6 Å². The number of nitrogens with zero attached hydrogens (tertiary/aromatic N) is 1. The average molecular weight is 306 g/mol. The number of anilines is 1. The van der Waals surface area contributed by atoms with Crippen molar-refractivity contribution in [1.29, 1.82) is 0 Å². The third kappa shape index (κ3) is 4.19. The van der Waals surface area contributed by atoms with Gasteiger partial charge in [0.2, 0.25) is 0 Å². The summed E-state index contributed by atoms with van der Waals surface area (Å²) >= 11 is 1.58. The number of ether oxygens (including phenoxy) is 1. The topological polar surface area (TPSA) is 60.3 Å². The van der Waals surface area contributed by atoms with Gasteiger partial charge in [-0.15, -0.1) is 11.3 Å². The monoisotopic (exact) mass is 306 g/mol. The van der Waals surface area contributed by atoms with E-state index in [0.29, 0.717) is 19.5 Å². The summed E-state index contributed by atoms with van der Waals surface area (Å²) in [4.78, 5) is 24.8. The van der Waals surface area contributed by atoms with Gasteiger partial charge in [0.1, 0.15) is 0 Å². The summed E-state index contributed by atoms with van der Waals surface area (Å²) in [5.41, 5.74) is 0.902. The normalized spacial score (nSPS) is 10.4. The standard InChI is InChI=1S/C15H18N2O3S/c1-3-17-10-11(4-7-14(17)18)16-9-13-6-5-12(21-13)8-15(19)20-2/h4-7,10,16H,3,8-9H2,1-2H3. The van der Waals surface area contributed by atoms with Crippen LogP contribution >= 0.6 is 11.3 Å². The fourth-order valence-corrected chi connectivity index (χ4v) is 2.84. The Morgan fingerprint density at radius 1 is 1.29 bits per heavy atom. The number of methoxy groups -OCH3 is 1. The summed E-state index contributed by atoms with van der Waals surface area (Å²) in [7, 11) is 1.39. The molecule has 0 aliphatic rings. The van der Waals surface area contributed by atoms with Crippen LogP contribution in [0.1, 0.15) is 16.7 Å². The quantitative estimate of drug-likeness (QED) is 0.832. The number of carbonyl (C=O) groups is 1. The number of pyridine rings is 1. The Morgan fingerprint density at radius 3 is 2.76 bits per heavy atom. The van der Waals surface area contributed by atoms with E-state index >= 15 is 0 Å². The highest BCUT2D eigenvalue weighted by atomic mass is 32.1. The van der Waals surface area contributed by atoms with Gasteiger partial charge in [-0.25, -0.2) is 0 Å². The Hall–Kier alpha value is -2.08. The van der Waals surface area contributed by atoms with Gasteiger partial charge in [-0.3, -0.25) is 9.59 Å². The minimum absolute atomic E-state index is 0.000428. The molecule has 2 heterocycles. The number of nitrogens with one attached hydrogen (secondary N) is 1. The van der Waals surface area contributed by atoms with Crippen molar-refractivity contribution in [1.82, 2.24) is 4.57 Å². The second-order valence-corrected chi connectivity index (χ2v) is 5.77. The van der Waals surface area contributed by atoms with Gasteiger partial charge in [-0.2, -0.15) is 0 Å². The van der Waals surface area contributed by atoms with Crippen molar-refractivity contribution >= 4 is 23.0 Å². The summed E-state index contributed by atoms with van der Waals surface area (Å²) in [6.07, 6.45) is 2.12. The van der Waals surface area contributed by atoms with Crippen LogP contribution in [-0.2, 0) is 29.0 Å². The molecule has 0 saturated carbocycles. The number of hydrogen-bond donors (Lipinski definition) is 1. The molecule has 1 N–H and O–H groups in total. The first-order chi connectivity index (χ1) is 10.1. The van der Waals surface area contributed by atoms with Crippen LogP contribution in [0.25, 0.3) is 0 Å². The zero-order chi connectivity index (χ0) is 15.2. The third-order valence-electron chi connectivity index (χ3n) is 3.05. The van der Waals surface area contributed by atoms with Gasteiger partial charge in [0.25, 0.3) is 5.56 Å². The smallest absolute Gasteiger partial charge is 0.310 e. The summed E-state index contributed by atoms with van der Waals surface area (Å²) < 4.78 is 6.30. The maximum Gasteiger partial charge on any atom is 0.310 e. The van der Waals surface area contributed by atoms with Crippen LogP contribution in [0, 0.1) is 0 Å². The number of carbonyl (C=O) groups excluding carboxylic acids is 1. The molecule has 0 spiro atoms. The van der Waals surface area contributed by atoms with Crippen LogP contribution in [0.15, 0.2) is 35.3 Å². The molecule has 21 heavy (non-hydrogen) atoms. The maximum absolute atomic E-state index is 11.5. The highest BCUT2D eigenvalue weighted by Gasteiger charge is 2.06. The molecule has 0 aliphatic heterocycles. The van der Waals surface area contributed by atoms with Crippen molar-refractivity contribution in [2.75, 3.05) is 12.4 Å².